The van der Waals surface area contributed by atoms with Gasteiger partial charge in [0.15, 0.2) is 4.87 Å². The average Bonchev–Trinajstić information content (AvgIpc) is 3.35. The zero-order valence-electron chi connectivity index (χ0n) is 17.8. The number of rotatable bonds is 4. The maximum Gasteiger partial charge on any atom is 0.268 e. The molecule has 3 aromatic rings. The highest BCUT2D eigenvalue weighted by molar-refractivity contribution is 8.01. The topological polar surface area (TPSA) is 49.9 Å². The van der Waals surface area contributed by atoms with Crippen LogP contribution in [0.4, 0.5) is 14.5 Å². The number of anilines is 1. The Bertz CT molecular complexity index is 1270. The van der Waals surface area contributed by atoms with E-state index in [1.165, 1.54) is 54.1 Å². The second-order valence-electron chi connectivity index (χ2n) is 7.86. The maximum atomic E-state index is 14.0. The highest BCUT2D eigenvalue weighted by Crippen LogP contribution is 2.55. The van der Waals surface area contributed by atoms with Gasteiger partial charge >= 0.3 is 0 Å². The van der Waals surface area contributed by atoms with Crippen LogP contribution in [-0.2, 0) is 16.2 Å². The number of hydrogen-bond acceptors (Lipinski definition) is 4. The minimum absolute atomic E-state index is 0.153. The molecule has 0 N–H and O–H groups in total. The van der Waals surface area contributed by atoms with Crippen molar-refractivity contribution in [2.75, 3.05) is 24.3 Å². The molecule has 0 unspecified atom stereocenters. The van der Waals surface area contributed by atoms with Gasteiger partial charge < -0.3 is 14.5 Å². The Morgan fingerprint density at radius 3 is 2.55 bits per heavy atom. The molecule has 2 amide bonds. The molecule has 0 aliphatic carbocycles. The first kappa shape index (κ1) is 21.5. The van der Waals surface area contributed by atoms with Crippen LogP contribution in [0.3, 0.4) is 0 Å². The summed E-state index contributed by atoms with van der Waals surface area (Å²) in [5.41, 5.74) is 2.08. The van der Waals surface area contributed by atoms with Crippen molar-refractivity contribution in [3.05, 3.63) is 95.1 Å². The van der Waals surface area contributed by atoms with Crippen LogP contribution in [-0.4, -0.2) is 36.1 Å². The van der Waals surface area contributed by atoms with E-state index < -0.39 is 16.6 Å². The van der Waals surface area contributed by atoms with Gasteiger partial charge in [-0.25, -0.2) is 8.78 Å². The lowest BCUT2D eigenvalue weighted by Crippen LogP contribution is -2.50. The molecule has 0 aromatic heterocycles. The van der Waals surface area contributed by atoms with Gasteiger partial charge in [0.05, 0.1) is 19.3 Å². The lowest BCUT2D eigenvalue weighted by Gasteiger charge is -2.33. The van der Waals surface area contributed by atoms with Crippen LogP contribution < -0.4 is 9.64 Å². The number of amides is 2. The Morgan fingerprint density at radius 2 is 1.82 bits per heavy atom. The second kappa shape index (κ2) is 8.19. The van der Waals surface area contributed by atoms with Crippen molar-refractivity contribution in [2.45, 2.75) is 11.4 Å². The zero-order chi connectivity index (χ0) is 23.2. The van der Waals surface area contributed by atoms with Crippen molar-refractivity contribution in [1.82, 2.24) is 4.90 Å². The second-order valence-corrected chi connectivity index (χ2v) is 9.15. The Labute approximate surface area is 193 Å². The maximum absolute atomic E-state index is 14.0. The Hall–Kier alpha value is -3.39. The number of benzene rings is 3. The third-order valence-corrected chi connectivity index (χ3v) is 7.37. The zero-order valence-corrected chi connectivity index (χ0v) is 18.6. The minimum Gasteiger partial charge on any atom is -0.497 e. The SMILES string of the molecule is COc1ccc2c(c1)[C@@]1(SCCN1C(=O)c1cccc(F)c1)C(=O)N2Cc1cccc(F)c1. The fourth-order valence-electron chi connectivity index (χ4n) is 4.47. The molecule has 8 heteroatoms. The van der Waals surface area contributed by atoms with Gasteiger partial charge in [-0.3, -0.25) is 9.59 Å². The molecule has 168 valence electrons. The van der Waals surface area contributed by atoms with Crippen LogP contribution in [0.25, 0.3) is 0 Å². The van der Waals surface area contributed by atoms with E-state index in [1.54, 1.807) is 41.3 Å². The average molecular weight is 467 g/mol. The monoisotopic (exact) mass is 466 g/mol. The molecular weight excluding hydrogens is 446 g/mol. The quantitative estimate of drug-likeness (QED) is 0.566. The summed E-state index contributed by atoms with van der Waals surface area (Å²) in [6, 6.07) is 16.8. The first-order valence-corrected chi connectivity index (χ1v) is 11.4. The highest BCUT2D eigenvalue weighted by Gasteiger charge is 2.59. The Morgan fingerprint density at radius 1 is 1.06 bits per heavy atom. The fraction of sp³-hybridized carbons (Fsp3) is 0.200. The van der Waals surface area contributed by atoms with Crippen LogP contribution in [0, 0.1) is 11.6 Å². The number of nitrogens with zero attached hydrogens (tertiary/aromatic N) is 2. The van der Waals surface area contributed by atoms with Crippen molar-refractivity contribution >= 4 is 29.3 Å². The predicted molar refractivity (Wildman–Crippen MR) is 122 cm³/mol. The predicted octanol–water partition coefficient (Wildman–Crippen LogP) is 4.56. The number of fused-ring (bicyclic) bond motifs is 2. The van der Waals surface area contributed by atoms with Gasteiger partial charge in [-0.1, -0.05) is 18.2 Å². The molecule has 5 rings (SSSR count). The molecule has 2 heterocycles. The summed E-state index contributed by atoms with van der Waals surface area (Å²) >= 11 is 1.37. The van der Waals surface area contributed by atoms with Gasteiger partial charge in [-0.2, -0.15) is 0 Å². The lowest BCUT2D eigenvalue weighted by atomic mass is 10.0. The number of carbonyl (C=O) groups is 2. The third kappa shape index (κ3) is 3.45. The van der Waals surface area contributed by atoms with E-state index in [4.69, 9.17) is 4.74 Å². The van der Waals surface area contributed by atoms with Crippen LogP contribution in [0.2, 0.25) is 0 Å². The number of carbonyl (C=O) groups excluding carboxylic acids is 2. The van der Waals surface area contributed by atoms with Gasteiger partial charge in [0, 0.05) is 23.4 Å². The molecule has 5 nitrogen and oxygen atoms in total. The van der Waals surface area contributed by atoms with E-state index in [-0.39, 0.29) is 23.8 Å². The third-order valence-electron chi connectivity index (χ3n) is 5.95. The molecule has 33 heavy (non-hydrogen) atoms. The summed E-state index contributed by atoms with van der Waals surface area (Å²) in [7, 11) is 1.53. The van der Waals surface area contributed by atoms with Crippen LogP contribution >= 0.6 is 11.8 Å². The van der Waals surface area contributed by atoms with E-state index in [0.29, 0.717) is 34.9 Å². The minimum atomic E-state index is -1.30. The van der Waals surface area contributed by atoms with Gasteiger partial charge in [0.25, 0.3) is 11.8 Å². The summed E-state index contributed by atoms with van der Waals surface area (Å²) in [6.07, 6.45) is 0. The van der Waals surface area contributed by atoms with E-state index >= 15 is 0 Å². The van der Waals surface area contributed by atoms with Crippen LogP contribution in [0.5, 0.6) is 5.75 Å². The summed E-state index contributed by atoms with van der Waals surface area (Å²) in [4.78, 5) is 29.2. The molecule has 2 aliphatic rings. The van der Waals surface area contributed by atoms with Crippen LogP contribution in [0.15, 0.2) is 66.7 Å². The molecule has 1 saturated heterocycles. The van der Waals surface area contributed by atoms with Crippen molar-refractivity contribution in [3.8, 4) is 5.75 Å². The largest absolute Gasteiger partial charge is 0.497 e. The molecule has 2 aliphatic heterocycles. The van der Waals surface area contributed by atoms with E-state index in [1.807, 2.05) is 0 Å². The molecule has 1 atom stereocenters. The van der Waals surface area contributed by atoms with Gasteiger partial charge in [0.1, 0.15) is 17.4 Å². The normalized spacial score (nSPS) is 19.3. The number of ether oxygens (including phenoxy) is 1. The number of hydrogen-bond donors (Lipinski definition) is 0. The molecule has 0 saturated carbocycles. The Kier molecular flexibility index (Phi) is 5.32. The van der Waals surface area contributed by atoms with Crippen molar-refractivity contribution in [1.29, 1.82) is 0 Å². The lowest BCUT2D eigenvalue weighted by molar-refractivity contribution is -0.123. The van der Waals surface area contributed by atoms with Gasteiger partial charge in [-0.05, 0) is 54.1 Å². The molecular formula is C25H20F2N2O3S. The molecule has 1 fully saturated rings. The highest BCUT2D eigenvalue weighted by atomic mass is 32.2. The Balaban J connectivity index is 1.62. The van der Waals surface area contributed by atoms with Crippen LogP contribution in [0.1, 0.15) is 21.5 Å². The van der Waals surface area contributed by atoms with E-state index in [2.05, 4.69) is 0 Å². The van der Waals surface area contributed by atoms with Gasteiger partial charge in [-0.15, -0.1) is 11.8 Å². The first-order valence-electron chi connectivity index (χ1n) is 10.4. The number of methoxy groups -OCH3 is 1. The van der Waals surface area contributed by atoms with E-state index in [9.17, 15) is 18.4 Å². The molecule has 3 aromatic carbocycles. The molecule has 1 spiro atoms. The first-order chi connectivity index (χ1) is 15.9. The van der Waals surface area contributed by atoms with Crippen molar-refractivity contribution in [2.24, 2.45) is 0 Å². The van der Waals surface area contributed by atoms with Crippen molar-refractivity contribution in [3.63, 3.8) is 0 Å². The summed E-state index contributed by atoms with van der Waals surface area (Å²) < 4.78 is 33.0. The van der Waals surface area contributed by atoms with Gasteiger partial charge in [0.2, 0.25) is 0 Å². The van der Waals surface area contributed by atoms with Crippen molar-refractivity contribution < 1.29 is 23.1 Å². The number of thioether (sulfide) groups is 1. The fourth-order valence-corrected chi connectivity index (χ4v) is 5.93. The summed E-state index contributed by atoms with van der Waals surface area (Å²) in [6.45, 7) is 0.483. The summed E-state index contributed by atoms with van der Waals surface area (Å²) in [5.74, 6) is -0.524. The summed E-state index contributed by atoms with van der Waals surface area (Å²) in [5, 5.41) is 0. The molecule has 0 bridgehead atoms. The molecule has 0 radical (unpaired) electrons. The van der Waals surface area contributed by atoms with E-state index in [0.717, 1.165) is 0 Å². The number of halogens is 2. The standard InChI is InChI=1S/C25H20F2N2O3S/c1-32-20-8-9-22-21(14-20)25(24(31)28(22)15-16-4-2-6-18(26)12-16)29(10-11-33-25)23(30)17-5-3-7-19(27)13-17/h2-9,12-14H,10-11,15H2,1H3/t25-/m1/s1. The smallest absolute Gasteiger partial charge is 0.268 e.